The SMILES string of the molecule is CCNC1CCCN(C2CC3CCCC(C2)N3C)C1. The van der Waals surface area contributed by atoms with Crippen LogP contribution in [-0.2, 0) is 0 Å². The highest BCUT2D eigenvalue weighted by Crippen LogP contribution is 2.35. The van der Waals surface area contributed by atoms with Gasteiger partial charge in [-0.3, -0.25) is 4.90 Å². The highest BCUT2D eigenvalue weighted by Gasteiger charge is 2.38. The molecule has 3 atom stereocenters. The maximum Gasteiger partial charge on any atom is 0.0195 e. The molecular formula is C16H31N3. The minimum Gasteiger partial charge on any atom is -0.313 e. The van der Waals surface area contributed by atoms with Gasteiger partial charge < -0.3 is 10.2 Å². The predicted octanol–water partition coefficient (Wildman–Crippen LogP) is 2.08. The van der Waals surface area contributed by atoms with Gasteiger partial charge in [0.2, 0.25) is 0 Å². The Bertz CT molecular complexity index is 278. The van der Waals surface area contributed by atoms with Crippen LogP contribution >= 0.6 is 0 Å². The Balaban J connectivity index is 1.60. The lowest BCUT2D eigenvalue weighted by Crippen LogP contribution is -2.58. The van der Waals surface area contributed by atoms with Gasteiger partial charge in [0.25, 0.3) is 0 Å². The Morgan fingerprint density at radius 3 is 2.42 bits per heavy atom. The summed E-state index contributed by atoms with van der Waals surface area (Å²) in [6, 6.07) is 3.36. The van der Waals surface area contributed by atoms with Crippen molar-refractivity contribution in [2.24, 2.45) is 0 Å². The summed E-state index contributed by atoms with van der Waals surface area (Å²) in [5, 5.41) is 3.66. The van der Waals surface area contributed by atoms with Crippen molar-refractivity contribution in [1.82, 2.24) is 15.1 Å². The number of piperidine rings is 3. The minimum absolute atomic E-state index is 0.748. The van der Waals surface area contributed by atoms with Crippen molar-refractivity contribution in [3.05, 3.63) is 0 Å². The number of likely N-dealkylation sites (N-methyl/N-ethyl adjacent to an activating group) is 1. The first-order chi connectivity index (χ1) is 9.28. The summed E-state index contributed by atoms with van der Waals surface area (Å²) in [7, 11) is 2.36. The quantitative estimate of drug-likeness (QED) is 0.843. The summed E-state index contributed by atoms with van der Waals surface area (Å²) < 4.78 is 0. The molecule has 3 fully saturated rings. The number of hydrogen-bond acceptors (Lipinski definition) is 3. The highest BCUT2D eigenvalue weighted by molar-refractivity contribution is 4.95. The Hall–Kier alpha value is -0.120. The van der Waals surface area contributed by atoms with E-state index in [4.69, 9.17) is 0 Å². The van der Waals surface area contributed by atoms with Gasteiger partial charge in [0.05, 0.1) is 0 Å². The highest BCUT2D eigenvalue weighted by atomic mass is 15.2. The van der Waals surface area contributed by atoms with E-state index in [9.17, 15) is 0 Å². The number of fused-ring (bicyclic) bond motifs is 2. The molecule has 0 aromatic carbocycles. The second-order valence-corrected chi connectivity index (χ2v) is 6.92. The number of likely N-dealkylation sites (tertiary alicyclic amines) is 1. The van der Waals surface area contributed by atoms with Gasteiger partial charge in [-0.25, -0.2) is 0 Å². The van der Waals surface area contributed by atoms with Crippen LogP contribution in [0.1, 0.15) is 51.9 Å². The van der Waals surface area contributed by atoms with Crippen molar-refractivity contribution in [2.75, 3.05) is 26.7 Å². The molecular weight excluding hydrogens is 234 g/mol. The molecule has 3 heterocycles. The van der Waals surface area contributed by atoms with Gasteiger partial charge in [-0.05, 0) is 58.7 Å². The third-order valence-electron chi connectivity index (χ3n) is 5.78. The molecule has 0 aromatic heterocycles. The van der Waals surface area contributed by atoms with E-state index in [1.54, 1.807) is 0 Å². The Labute approximate surface area is 118 Å². The van der Waals surface area contributed by atoms with Gasteiger partial charge in [0.15, 0.2) is 0 Å². The minimum atomic E-state index is 0.748. The number of hydrogen-bond donors (Lipinski definition) is 1. The van der Waals surface area contributed by atoms with Crippen molar-refractivity contribution in [1.29, 1.82) is 0 Å². The van der Waals surface area contributed by atoms with Gasteiger partial charge in [-0.2, -0.15) is 0 Å². The zero-order valence-electron chi connectivity index (χ0n) is 12.8. The summed E-state index contributed by atoms with van der Waals surface area (Å²) in [5.41, 5.74) is 0. The first kappa shape index (κ1) is 13.8. The molecule has 0 aromatic rings. The van der Waals surface area contributed by atoms with E-state index in [-0.39, 0.29) is 0 Å². The average molecular weight is 265 g/mol. The molecule has 3 aliphatic rings. The summed E-state index contributed by atoms with van der Waals surface area (Å²) in [4.78, 5) is 5.50. The summed E-state index contributed by atoms with van der Waals surface area (Å²) in [6.45, 7) is 5.99. The third-order valence-corrected chi connectivity index (χ3v) is 5.78. The van der Waals surface area contributed by atoms with Crippen LogP contribution in [0, 0.1) is 0 Å². The van der Waals surface area contributed by atoms with Gasteiger partial charge in [-0.1, -0.05) is 13.3 Å². The monoisotopic (exact) mass is 265 g/mol. The maximum atomic E-state index is 3.66. The molecule has 0 radical (unpaired) electrons. The second kappa shape index (κ2) is 6.11. The standard InChI is InChI=1S/C16H31N3/c1-3-17-13-6-5-9-19(12-13)16-10-14-7-4-8-15(11-16)18(14)2/h13-17H,3-12H2,1-2H3. The molecule has 3 nitrogen and oxygen atoms in total. The lowest BCUT2D eigenvalue weighted by atomic mass is 9.81. The number of rotatable bonds is 3. The molecule has 3 heteroatoms. The summed E-state index contributed by atoms with van der Waals surface area (Å²) in [5.74, 6) is 0. The molecule has 19 heavy (non-hydrogen) atoms. The van der Waals surface area contributed by atoms with Gasteiger partial charge in [0, 0.05) is 30.7 Å². The zero-order valence-corrected chi connectivity index (χ0v) is 12.8. The largest absolute Gasteiger partial charge is 0.313 e. The fourth-order valence-electron chi connectivity index (χ4n) is 4.68. The molecule has 0 spiro atoms. The van der Waals surface area contributed by atoms with Crippen molar-refractivity contribution in [3.8, 4) is 0 Å². The van der Waals surface area contributed by atoms with Crippen molar-refractivity contribution in [2.45, 2.75) is 76.0 Å². The van der Waals surface area contributed by atoms with Crippen LogP contribution in [0.4, 0.5) is 0 Å². The molecule has 3 aliphatic heterocycles. The van der Waals surface area contributed by atoms with E-state index in [1.807, 2.05) is 0 Å². The van der Waals surface area contributed by atoms with Gasteiger partial charge >= 0.3 is 0 Å². The smallest absolute Gasteiger partial charge is 0.0195 e. The van der Waals surface area contributed by atoms with Crippen LogP contribution in [0.25, 0.3) is 0 Å². The molecule has 3 unspecified atom stereocenters. The van der Waals surface area contributed by atoms with E-state index in [2.05, 4.69) is 29.1 Å². The Morgan fingerprint density at radius 1 is 1.00 bits per heavy atom. The molecule has 0 aliphatic carbocycles. The number of nitrogens with one attached hydrogen (secondary N) is 1. The molecule has 3 rings (SSSR count). The van der Waals surface area contributed by atoms with Crippen molar-refractivity contribution in [3.63, 3.8) is 0 Å². The molecule has 110 valence electrons. The first-order valence-corrected chi connectivity index (χ1v) is 8.47. The fraction of sp³-hybridized carbons (Fsp3) is 1.00. The lowest BCUT2D eigenvalue weighted by Gasteiger charge is -2.51. The van der Waals surface area contributed by atoms with E-state index in [0.717, 1.165) is 30.7 Å². The maximum absolute atomic E-state index is 3.66. The number of nitrogens with zero attached hydrogens (tertiary/aromatic N) is 2. The second-order valence-electron chi connectivity index (χ2n) is 6.92. The van der Waals surface area contributed by atoms with Crippen LogP contribution in [-0.4, -0.2) is 60.6 Å². The van der Waals surface area contributed by atoms with Gasteiger partial charge in [-0.15, -0.1) is 0 Å². The Kier molecular flexibility index (Phi) is 4.45. The van der Waals surface area contributed by atoms with Crippen molar-refractivity contribution >= 4 is 0 Å². The van der Waals surface area contributed by atoms with E-state index in [1.165, 1.54) is 58.0 Å². The van der Waals surface area contributed by atoms with Crippen molar-refractivity contribution < 1.29 is 0 Å². The predicted molar refractivity (Wildman–Crippen MR) is 80.5 cm³/mol. The molecule has 0 amide bonds. The molecule has 1 N–H and O–H groups in total. The van der Waals surface area contributed by atoms with Gasteiger partial charge in [0.1, 0.15) is 0 Å². The molecule has 0 saturated carbocycles. The van der Waals surface area contributed by atoms with Crippen LogP contribution in [0.5, 0.6) is 0 Å². The van der Waals surface area contributed by atoms with Crippen LogP contribution < -0.4 is 5.32 Å². The average Bonchev–Trinajstić information content (AvgIpc) is 2.39. The molecule has 3 saturated heterocycles. The lowest BCUT2D eigenvalue weighted by molar-refractivity contribution is -0.000588. The summed E-state index contributed by atoms with van der Waals surface area (Å²) >= 11 is 0. The third kappa shape index (κ3) is 2.98. The molecule has 2 bridgehead atoms. The van der Waals surface area contributed by atoms with Crippen LogP contribution in [0.2, 0.25) is 0 Å². The van der Waals surface area contributed by atoms with Crippen LogP contribution in [0.15, 0.2) is 0 Å². The van der Waals surface area contributed by atoms with E-state index in [0.29, 0.717) is 0 Å². The van der Waals surface area contributed by atoms with E-state index >= 15 is 0 Å². The van der Waals surface area contributed by atoms with Crippen LogP contribution in [0.3, 0.4) is 0 Å². The Morgan fingerprint density at radius 2 is 1.74 bits per heavy atom. The fourth-order valence-corrected chi connectivity index (χ4v) is 4.68. The van der Waals surface area contributed by atoms with E-state index < -0.39 is 0 Å². The zero-order chi connectivity index (χ0) is 13.2. The first-order valence-electron chi connectivity index (χ1n) is 8.47. The topological polar surface area (TPSA) is 18.5 Å². The normalized spacial score (nSPS) is 41.4. The summed E-state index contributed by atoms with van der Waals surface area (Å²) in [6.07, 6.45) is 9.95.